The lowest BCUT2D eigenvalue weighted by molar-refractivity contribution is -0.141. The molecule has 0 bridgehead atoms. The molecule has 2 N–H and O–H groups in total. The number of benzene rings is 1. The Morgan fingerprint density at radius 2 is 1.68 bits per heavy atom. The van der Waals surface area contributed by atoms with Crippen molar-refractivity contribution in [3.63, 3.8) is 0 Å². The van der Waals surface area contributed by atoms with Gasteiger partial charge < -0.3 is 5.11 Å². The van der Waals surface area contributed by atoms with Crippen LogP contribution in [0.4, 0.5) is 0 Å². The van der Waals surface area contributed by atoms with E-state index in [0.717, 1.165) is 37.0 Å². The average Bonchev–Trinajstić information content (AvgIpc) is 2.56. The maximum absolute atomic E-state index is 12.3. The van der Waals surface area contributed by atoms with E-state index < -0.39 is 11.5 Å². The van der Waals surface area contributed by atoms with E-state index in [1.54, 1.807) is 0 Å². The number of nitrogens with zero attached hydrogens (tertiary/aromatic N) is 1. The van der Waals surface area contributed by atoms with Crippen LogP contribution in [0.15, 0.2) is 35.4 Å². The minimum atomic E-state index is -1.31. The molecule has 0 atom stereocenters. The third-order valence-electron chi connectivity index (χ3n) is 3.83. The number of nitrogens with one attached hydrogen (secondary N) is 1. The van der Waals surface area contributed by atoms with Gasteiger partial charge in [0.05, 0.1) is 5.71 Å². The zero-order valence-corrected chi connectivity index (χ0v) is 13.9. The number of amides is 1. The van der Waals surface area contributed by atoms with Gasteiger partial charge in [-0.2, -0.15) is 5.10 Å². The van der Waals surface area contributed by atoms with Crippen molar-refractivity contribution in [2.75, 3.05) is 0 Å². The van der Waals surface area contributed by atoms with Crippen LogP contribution in [-0.4, -0.2) is 22.3 Å². The molecule has 4 nitrogen and oxygen atoms in total. The topological polar surface area (TPSA) is 61.7 Å². The smallest absolute Gasteiger partial charge is 0.271 e. The number of carbonyl (C=O) groups is 1. The monoisotopic (exact) mass is 304 g/mol. The summed E-state index contributed by atoms with van der Waals surface area (Å²) in [5.41, 5.74) is 2.90. The first-order valence-electron chi connectivity index (χ1n) is 8.16. The summed E-state index contributed by atoms with van der Waals surface area (Å²) in [4.78, 5) is 12.3. The van der Waals surface area contributed by atoms with Crippen molar-refractivity contribution in [3.8, 4) is 0 Å². The van der Waals surface area contributed by atoms with E-state index >= 15 is 0 Å². The second-order valence-electron chi connectivity index (χ2n) is 5.74. The molecule has 0 aromatic heterocycles. The zero-order chi connectivity index (χ0) is 16.4. The number of aliphatic hydroxyl groups is 1. The van der Waals surface area contributed by atoms with Crippen molar-refractivity contribution in [1.82, 2.24) is 5.43 Å². The second-order valence-corrected chi connectivity index (χ2v) is 5.74. The molecule has 0 aliphatic carbocycles. The fraction of sp³-hybridized carbons (Fsp3) is 0.556. The first-order valence-corrected chi connectivity index (χ1v) is 8.16. The summed E-state index contributed by atoms with van der Waals surface area (Å²) < 4.78 is 0. The quantitative estimate of drug-likeness (QED) is 0.540. The molecule has 0 heterocycles. The third kappa shape index (κ3) is 5.60. The van der Waals surface area contributed by atoms with Crippen molar-refractivity contribution in [2.24, 2.45) is 5.10 Å². The lowest BCUT2D eigenvalue weighted by Gasteiger charge is -2.25. The molecule has 0 saturated heterocycles. The highest BCUT2D eigenvalue weighted by atomic mass is 16.3. The van der Waals surface area contributed by atoms with Crippen LogP contribution >= 0.6 is 0 Å². The summed E-state index contributed by atoms with van der Waals surface area (Å²) in [6, 6.07) is 9.66. The molecule has 4 heteroatoms. The Bertz CT molecular complexity index is 475. The Hall–Kier alpha value is -1.68. The number of hydrazone groups is 1. The van der Waals surface area contributed by atoms with Gasteiger partial charge in [0.25, 0.3) is 5.91 Å². The Morgan fingerprint density at radius 3 is 2.18 bits per heavy atom. The van der Waals surface area contributed by atoms with Crippen LogP contribution in [0.2, 0.25) is 0 Å². The molecule has 22 heavy (non-hydrogen) atoms. The number of rotatable bonds is 9. The van der Waals surface area contributed by atoms with Gasteiger partial charge in [0, 0.05) is 0 Å². The first-order chi connectivity index (χ1) is 10.5. The minimum absolute atomic E-state index is 0.398. The van der Waals surface area contributed by atoms with Gasteiger partial charge >= 0.3 is 0 Å². The van der Waals surface area contributed by atoms with Gasteiger partial charge in [-0.05, 0) is 25.3 Å². The van der Waals surface area contributed by atoms with Crippen molar-refractivity contribution in [1.29, 1.82) is 0 Å². The van der Waals surface area contributed by atoms with E-state index in [1.165, 1.54) is 0 Å². The average molecular weight is 304 g/mol. The minimum Gasteiger partial charge on any atom is -0.380 e. The van der Waals surface area contributed by atoms with Gasteiger partial charge in [-0.15, -0.1) is 0 Å². The lowest BCUT2D eigenvalue weighted by atomic mass is 9.90. The fourth-order valence-corrected chi connectivity index (χ4v) is 2.27. The van der Waals surface area contributed by atoms with E-state index in [1.807, 2.05) is 37.3 Å². The number of hydrogen-bond donors (Lipinski definition) is 2. The Kier molecular flexibility index (Phi) is 7.82. The molecule has 0 radical (unpaired) electrons. The molecule has 0 fully saturated rings. The SMILES string of the molecule is CCCCC(O)(CCCC)C(=O)NN=C(C)c1ccccc1. The standard InChI is InChI=1S/C18H28N2O2/c1-4-6-13-18(22,14-7-5-2)17(21)20-19-15(3)16-11-9-8-10-12-16/h8-12,22H,4-7,13-14H2,1-3H3,(H,20,21). The van der Waals surface area contributed by atoms with Crippen LogP contribution in [0.5, 0.6) is 0 Å². The maximum Gasteiger partial charge on any atom is 0.271 e. The summed E-state index contributed by atoms with van der Waals surface area (Å²) in [7, 11) is 0. The van der Waals surface area contributed by atoms with Crippen molar-refractivity contribution in [3.05, 3.63) is 35.9 Å². The second kappa shape index (κ2) is 9.36. The summed E-state index contributed by atoms with van der Waals surface area (Å²) in [6.07, 6.45) is 4.52. The van der Waals surface area contributed by atoms with Crippen LogP contribution in [0, 0.1) is 0 Å². The van der Waals surface area contributed by atoms with Crippen molar-refractivity contribution >= 4 is 11.6 Å². The van der Waals surface area contributed by atoms with Gasteiger partial charge in [0.2, 0.25) is 0 Å². The van der Waals surface area contributed by atoms with Crippen LogP contribution < -0.4 is 5.43 Å². The van der Waals surface area contributed by atoms with Gasteiger partial charge in [-0.1, -0.05) is 69.9 Å². The molecule has 1 rings (SSSR count). The molecule has 0 spiro atoms. The Balaban J connectivity index is 2.73. The maximum atomic E-state index is 12.3. The molecule has 1 amide bonds. The molecule has 1 aromatic rings. The van der Waals surface area contributed by atoms with Crippen molar-refractivity contribution in [2.45, 2.75) is 64.9 Å². The van der Waals surface area contributed by atoms with Gasteiger partial charge in [0.15, 0.2) is 0 Å². The Morgan fingerprint density at radius 1 is 1.14 bits per heavy atom. The lowest BCUT2D eigenvalue weighted by Crippen LogP contribution is -2.45. The van der Waals surface area contributed by atoms with E-state index in [4.69, 9.17) is 0 Å². The third-order valence-corrected chi connectivity index (χ3v) is 3.83. The molecular formula is C18H28N2O2. The predicted octanol–water partition coefficient (Wildman–Crippen LogP) is 3.64. The van der Waals surface area contributed by atoms with E-state index in [2.05, 4.69) is 24.4 Å². The van der Waals surface area contributed by atoms with Crippen LogP contribution in [0.25, 0.3) is 0 Å². The highest BCUT2D eigenvalue weighted by Gasteiger charge is 2.34. The number of unbranched alkanes of at least 4 members (excludes halogenated alkanes) is 2. The molecule has 0 aliphatic heterocycles. The Labute approximate surface area is 133 Å². The van der Waals surface area contributed by atoms with E-state index in [0.29, 0.717) is 12.8 Å². The van der Waals surface area contributed by atoms with Crippen LogP contribution in [0.1, 0.15) is 64.9 Å². The van der Waals surface area contributed by atoms with Gasteiger partial charge in [0.1, 0.15) is 5.60 Å². The van der Waals surface area contributed by atoms with Gasteiger partial charge in [-0.3, -0.25) is 4.79 Å². The van der Waals surface area contributed by atoms with E-state index in [-0.39, 0.29) is 0 Å². The molecule has 1 aromatic carbocycles. The fourth-order valence-electron chi connectivity index (χ4n) is 2.27. The molecular weight excluding hydrogens is 276 g/mol. The molecule has 0 unspecified atom stereocenters. The molecule has 122 valence electrons. The normalized spacial score (nSPS) is 12.3. The molecule has 0 aliphatic rings. The number of carbonyl (C=O) groups excluding carboxylic acids is 1. The highest BCUT2D eigenvalue weighted by molar-refractivity contribution is 5.99. The first kappa shape index (κ1) is 18.4. The van der Waals surface area contributed by atoms with Crippen LogP contribution in [0.3, 0.4) is 0 Å². The predicted molar refractivity (Wildman–Crippen MR) is 90.8 cm³/mol. The highest BCUT2D eigenvalue weighted by Crippen LogP contribution is 2.22. The summed E-state index contributed by atoms with van der Waals surface area (Å²) >= 11 is 0. The molecule has 0 saturated carbocycles. The summed E-state index contributed by atoms with van der Waals surface area (Å²) in [5, 5.41) is 14.8. The number of hydrogen-bond acceptors (Lipinski definition) is 3. The summed E-state index contributed by atoms with van der Waals surface area (Å²) in [5.74, 6) is -0.398. The summed E-state index contributed by atoms with van der Waals surface area (Å²) in [6.45, 7) is 5.94. The van der Waals surface area contributed by atoms with E-state index in [9.17, 15) is 9.90 Å². The zero-order valence-electron chi connectivity index (χ0n) is 13.9. The van der Waals surface area contributed by atoms with Crippen LogP contribution in [-0.2, 0) is 4.79 Å². The van der Waals surface area contributed by atoms with Gasteiger partial charge in [-0.25, -0.2) is 5.43 Å². The van der Waals surface area contributed by atoms with Crippen molar-refractivity contribution < 1.29 is 9.90 Å². The largest absolute Gasteiger partial charge is 0.380 e.